The van der Waals surface area contributed by atoms with Crippen LogP contribution in [0.1, 0.15) is 24.0 Å². The summed E-state index contributed by atoms with van der Waals surface area (Å²) in [7, 11) is 0. The van der Waals surface area contributed by atoms with Crippen molar-refractivity contribution in [3.8, 4) is 10.4 Å². The molecule has 2 nitrogen and oxygen atoms in total. The highest BCUT2D eigenvalue weighted by Crippen LogP contribution is 2.29. The summed E-state index contributed by atoms with van der Waals surface area (Å²) in [5.41, 5.74) is 1.34. The Balaban J connectivity index is 1.46. The molecule has 3 aromatic rings. The first kappa shape index (κ1) is 14.6. The molecule has 0 saturated carbocycles. The molecule has 110 valence electrons. The second-order valence-electron chi connectivity index (χ2n) is 5.18. The molecule has 0 amide bonds. The van der Waals surface area contributed by atoms with Crippen LogP contribution in [0.15, 0.2) is 51.8 Å². The van der Waals surface area contributed by atoms with Crippen molar-refractivity contribution in [3.05, 3.63) is 58.0 Å². The Kier molecular flexibility index (Phi) is 4.91. The minimum atomic E-state index is 0.488. The average molecular weight is 317 g/mol. The number of hydrogen-bond acceptors (Lipinski definition) is 4. The summed E-state index contributed by atoms with van der Waals surface area (Å²) in [5, 5.41) is 7.97. The van der Waals surface area contributed by atoms with Gasteiger partial charge in [0.2, 0.25) is 0 Å². The van der Waals surface area contributed by atoms with E-state index in [-0.39, 0.29) is 0 Å². The Morgan fingerprint density at radius 3 is 2.95 bits per heavy atom. The molecular formula is C17H19NOS2. The first-order valence-electron chi connectivity index (χ1n) is 7.18. The molecule has 0 spiro atoms. The van der Waals surface area contributed by atoms with Crippen molar-refractivity contribution in [2.45, 2.75) is 32.4 Å². The minimum absolute atomic E-state index is 0.488. The van der Waals surface area contributed by atoms with Gasteiger partial charge in [-0.25, -0.2) is 0 Å². The van der Waals surface area contributed by atoms with Crippen molar-refractivity contribution in [2.75, 3.05) is 0 Å². The number of aryl methyl sites for hydroxylation is 1. The van der Waals surface area contributed by atoms with Gasteiger partial charge in [0.25, 0.3) is 0 Å². The Morgan fingerprint density at radius 1 is 1.24 bits per heavy atom. The fraction of sp³-hybridized carbons (Fsp3) is 0.294. The average Bonchev–Trinajstić information content (AvgIpc) is 3.24. The van der Waals surface area contributed by atoms with Crippen LogP contribution >= 0.6 is 22.7 Å². The smallest absolute Gasteiger partial charge is 0.103 e. The highest BCUT2D eigenvalue weighted by molar-refractivity contribution is 7.14. The number of furan rings is 1. The van der Waals surface area contributed by atoms with Crippen LogP contribution in [0.4, 0.5) is 0 Å². The zero-order valence-corrected chi connectivity index (χ0v) is 13.7. The molecule has 1 unspecified atom stereocenters. The highest BCUT2D eigenvalue weighted by Gasteiger charge is 2.06. The number of hydrogen-bond donors (Lipinski definition) is 1. The standard InChI is InChI=1S/C17H19NOS2/c1-13(6-7-15-4-2-8-19-15)18-11-16-10-14(12-21-16)17-5-3-9-20-17/h2-5,8-10,12-13,18H,6-7,11H2,1H3. The van der Waals surface area contributed by atoms with E-state index in [0.717, 1.165) is 25.1 Å². The molecule has 0 aliphatic heterocycles. The van der Waals surface area contributed by atoms with Crippen molar-refractivity contribution in [1.29, 1.82) is 0 Å². The topological polar surface area (TPSA) is 25.2 Å². The summed E-state index contributed by atoms with van der Waals surface area (Å²) in [6.45, 7) is 3.17. The van der Waals surface area contributed by atoms with Gasteiger partial charge in [-0.1, -0.05) is 6.07 Å². The van der Waals surface area contributed by atoms with E-state index < -0.39 is 0 Å². The second kappa shape index (κ2) is 7.07. The van der Waals surface area contributed by atoms with E-state index in [2.05, 4.69) is 41.2 Å². The quantitative estimate of drug-likeness (QED) is 0.649. The van der Waals surface area contributed by atoms with Crippen molar-refractivity contribution in [1.82, 2.24) is 5.32 Å². The Bertz CT molecular complexity index is 640. The molecule has 4 heteroatoms. The van der Waals surface area contributed by atoms with E-state index in [9.17, 15) is 0 Å². The van der Waals surface area contributed by atoms with Crippen LogP contribution in [-0.4, -0.2) is 6.04 Å². The van der Waals surface area contributed by atoms with E-state index >= 15 is 0 Å². The third-order valence-corrected chi connectivity index (χ3v) is 5.34. The number of thiophene rings is 2. The molecule has 0 aliphatic rings. The second-order valence-corrected chi connectivity index (χ2v) is 7.12. The predicted octanol–water partition coefficient (Wildman–Crippen LogP) is 5.18. The summed E-state index contributed by atoms with van der Waals surface area (Å²) in [5.74, 6) is 1.07. The molecule has 0 aliphatic carbocycles. The van der Waals surface area contributed by atoms with Crippen LogP contribution < -0.4 is 5.32 Å². The van der Waals surface area contributed by atoms with Gasteiger partial charge in [0.1, 0.15) is 5.76 Å². The SMILES string of the molecule is CC(CCc1ccco1)NCc1cc(-c2cccs2)cs1. The van der Waals surface area contributed by atoms with E-state index in [1.165, 1.54) is 15.3 Å². The van der Waals surface area contributed by atoms with Crippen molar-refractivity contribution in [3.63, 3.8) is 0 Å². The fourth-order valence-electron chi connectivity index (χ4n) is 2.24. The summed E-state index contributed by atoms with van der Waals surface area (Å²) < 4.78 is 5.37. The lowest BCUT2D eigenvalue weighted by Crippen LogP contribution is -2.25. The monoisotopic (exact) mass is 317 g/mol. The number of rotatable bonds is 7. The Hall–Kier alpha value is -1.36. The van der Waals surface area contributed by atoms with Crippen LogP contribution in [0.2, 0.25) is 0 Å². The third kappa shape index (κ3) is 4.06. The third-order valence-electron chi connectivity index (χ3n) is 3.49. The van der Waals surface area contributed by atoms with Gasteiger partial charge in [-0.3, -0.25) is 0 Å². The maximum absolute atomic E-state index is 5.37. The first-order chi connectivity index (χ1) is 10.3. The summed E-state index contributed by atoms with van der Waals surface area (Å²) >= 11 is 3.63. The molecular weight excluding hydrogens is 298 g/mol. The van der Waals surface area contributed by atoms with Gasteiger partial charge in [-0.2, -0.15) is 0 Å². The van der Waals surface area contributed by atoms with Crippen molar-refractivity contribution >= 4 is 22.7 Å². The lowest BCUT2D eigenvalue weighted by molar-refractivity contribution is 0.461. The van der Waals surface area contributed by atoms with Crippen molar-refractivity contribution in [2.24, 2.45) is 0 Å². The molecule has 1 atom stereocenters. The van der Waals surface area contributed by atoms with Gasteiger partial charge in [0.05, 0.1) is 6.26 Å². The van der Waals surface area contributed by atoms with E-state index in [0.29, 0.717) is 6.04 Å². The van der Waals surface area contributed by atoms with Gasteiger partial charge in [0, 0.05) is 34.3 Å². The molecule has 0 saturated heterocycles. The largest absolute Gasteiger partial charge is 0.469 e. The predicted molar refractivity (Wildman–Crippen MR) is 91.0 cm³/mol. The maximum atomic E-state index is 5.37. The van der Waals surface area contributed by atoms with Crippen LogP contribution in [0, 0.1) is 0 Å². The molecule has 3 rings (SSSR count). The molecule has 0 bridgehead atoms. The van der Waals surface area contributed by atoms with E-state index in [4.69, 9.17) is 4.42 Å². The lowest BCUT2D eigenvalue weighted by Gasteiger charge is -2.11. The molecule has 1 N–H and O–H groups in total. The zero-order chi connectivity index (χ0) is 14.5. The van der Waals surface area contributed by atoms with Gasteiger partial charge in [-0.15, -0.1) is 22.7 Å². The molecule has 3 heterocycles. The van der Waals surface area contributed by atoms with Crippen LogP contribution in [0.5, 0.6) is 0 Å². The van der Waals surface area contributed by atoms with Crippen molar-refractivity contribution < 1.29 is 4.42 Å². The molecule has 0 aromatic carbocycles. The maximum Gasteiger partial charge on any atom is 0.103 e. The van der Waals surface area contributed by atoms with Gasteiger partial charge in [0.15, 0.2) is 0 Å². The summed E-state index contributed by atoms with van der Waals surface area (Å²) in [6.07, 6.45) is 3.83. The minimum Gasteiger partial charge on any atom is -0.469 e. The summed E-state index contributed by atoms with van der Waals surface area (Å²) in [4.78, 5) is 2.74. The van der Waals surface area contributed by atoms with Gasteiger partial charge >= 0.3 is 0 Å². The fourth-order valence-corrected chi connectivity index (χ4v) is 3.86. The zero-order valence-electron chi connectivity index (χ0n) is 12.0. The van der Waals surface area contributed by atoms with E-state index in [1.54, 1.807) is 17.6 Å². The lowest BCUT2D eigenvalue weighted by atomic mass is 10.1. The van der Waals surface area contributed by atoms with Crippen LogP contribution in [0.25, 0.3) is 10.4 Å². The molecule has 0 fully saturated rings. The highest BCUT2D eigenvalue weighted by atomic mass is 32.1. The number of nitrogens with one attached hydrogen (secondary N) is 1. The molecule has 0 radical (unpaired) electrons. The normalized spacial score (nSPS) is 12.6. The first-order valence-corrected chi connectivity index (χ1v) is 8.94. The van der Waals surface area contributed by atoms with Gasteiger partial charge in [-0.05, 0) is 48.4 Å². The molecule has 3 aromatic heterocycles. The van der Waals surface area contributed by atoms with Crippen LogP contribution in [0.3, 0.4) is 0 Å². The van der Waals surface area contributed by atoms with E-state index in [1.807, 2.05) is 23.5 Å². The molecule has 21 heavy (non-hydrogen) atoms. The van der Waals surface area contributed by atoms with Gasteiger partial charge < -0.3 is 9.73 Å². The Labute approximate surface area is 133 Å². The van der Waals surface area contributed by atoms with Crippen LogP contribution in [-0.2, 0) is 13.0 Å². The Morgan fingerprint density at radius 2 is 2.19 bits per heavy atom. The summed E-state index contributed by atoms with van der Waals surface area (Å²) in [6, 6.07) is 11.1.